The highest BCUT2D eigenvalue weighted by Gasteiger charge is 2.24. The van der Waals surface area contributed by atoms with Gasteiger partial charge in [-0.15, -0.1) is 0 Å². The second-order valence-electron chi connectivity index (χ2n) is 6.56. The first-order valence-electron chi connectivity index (χ1n) is 8.90. The summed E-state index contributed by atoms with van der Waals surface area (Å²) < 4.78 is 0. The summed E-state index contributed by atoms with van der Waals surface area (Å²) in [6.45, 7) is 9.51. The third-order valence-electron chi connectivity index (χ3n) is 4.42. The molecule has 1 aromatic rings. The van der Waals surface area contributed by atoms with Crippen molar-refractivity contribution in [2.75, 3.05) is 37.6 Å². The Hall–Kier alpha value is -1.88. The summed E-state index contributed by atoms with van der Waals surface area (Å²) in [6, 6.07) is 9.94. The zero-order valence-electron chi connectivity index (χ0n) is 15.1. The number of para-hydroxylation sites is 1. The molecule has 0 N–H and O–H groups in total. The molecular weight excluding hydrogens is 302 g/mol. The molecule has 2 rings (SSSR count). The topological polar surface area (TPSA) is 43.9 Å². The van der Waals surface area contributed by atoms with Crippen molar-refractivity contribution in [3.8, 4) is 0 Å². The van der Waals surface area contributed by atoms with Gasteiger partial charge in [0.05, 0.1) is 6.54 Å². The zero-order chi connectivity index (χ0) is 17.5. The van der Waals surface area contributed by atoms with Crippen LogP contribution in [0.4, 0.5) is 5.69 Å². The van der Waals surface area contributed by atoms with Gasteiger partial charge in [-0.2, -0.15) is 0 Å². The van der Waals surface area contributed by atoms with E-state index in [9.17, 15) is 9.59 Å². The maximum absolute atomic E-state index is 12.8. The summed E-state index contributed by atoms with van der Waals surface area (Å²) >= 11 is 0. The number of benzene rings is 1. The largest absolute Gasteiger partial charge is 0.341 e. The molecule has 0 saturated carbocycles. The van der Waals surface area contributed by atoms with E-state index in [0.29, 0.717) is 19.5 Å². The summed E-state index contributed by atoms with van der Waals surface area (Å²) in [5, 5.41) is 0. The maximum atomic E-state index is 12.8. The fourth-order valence-corrected chi connectivity index (χ4v) is 3.19. The van der Waals surface area contributed by atoms with Crippen LogP contribution in [0.15, 0.2) is 30.3 Å². The van der Waals surface area contributed by atoms with Crippen LogP contribution in [0.25, 0.3) is 0 Å². The van der Waals surface area contributed by atoms with Gasteiger partial charge in [0.2, 0.25) is 11.8 Å². The van der Waals surface area contributed by atoms with Gasteiger partial charge in [0.25, 0.3) is 0 Å². The molecular formula is C19H29N3O2. The van der Waals surface area contributed by atoms with Gasteiger partial charge in [-0.1, -0.05) is 25.1 Å². The van der Waals surface area contributed by atoms with Gasteiger partial charge in [0.15, 0.2) is 0 Å². The van der Waals surface area contributed by atoms with E-state index in [2.05, 4.69) is 4.90 Å². The fraction of sp³-hybridized carbons (Fsp3) is 0.579. The van der Waals surface area contributed by atoms with Crippen LogP contribution in [0, 0.1) is 0 Å². The first-order chi connectivity index (χ1) is 11.5. The summed E-state index contributed by atoms with van der Waals surface area (Å²) in [5.74, 6) is 0.322. The molecule has 1 heterocycles. The Morgan fingerprint density at radius 2 is 1.79 bits per heavy atom. The maximum Gasteiger partial charge on any atom is 0.241 e. The van der Waals surface area contributed by atoms with Crippen molar-refractivity contribution in [3.63, 3.8) is 0 Å². The summed E-state index contributed by atoms with van der Waals surface area (Å²) in [7, 11) is 0. The lowest BCUT2D eigenvalue weighted by Gasteiger charge is -2.30. The van der Waals surface area contributed by atoms with Crippen molar-refractivity contribution >= 4 is 17.5 Å². The number of nitrogens with zero attached hydrogens (tertiary/aromatic N) is 3. The van der Waals surface area contributed by atoms with Crippen LogP contribution in [0.1, 0.15) is 33.6 Å². The predicted octanol–water partition coefficient (Wildman–Crippen LogP) is 2.37. The van der Waals surface area contributed by atoms with Crippen LogP contribution in [0.3, 0.4) is 0 Å². The van der Waals surface area contributed by atoms with Crippen molar-refractivity contribution in [2.45, 2.75) is 39.7 Å². The molecule has 1 fully saturated rings. The van der Waals surface area contributed by atoms with E-state index in [1.807, 2.05) is 60.9 Å². The Morgan fingerprint density at radius 3 is 2.42 bits per heavy atom. The first-order valence-corrected chi connectivity index (χ1v) is 8.90. The second kappa shape index (κ2) is 8.83. The third-order valence-corrected chi connectivity index (χ3v) is 4.42. The van der Waals surface area contributed by atoms with Gasteiger partial charge in [0, 0.05) is 44.3 Å². The monoisotopic (exact) mass is 331 g/mol. The van der Waals surface area contributed by atoms with E-state index in [-0.39, 0.29) is 17.9 Å². The minimum Gasteiger partial charge on any atom is -0.341 e. The molecule has 5 nitrogen and oxygen atoms in total. The van der Waals surface area contributed by atoms with E-state index >= 15 is 0 Å². The number of rotatable bonds is 5. The molecule has 0 aromatic heterocycles. The van der Waals surface area contributed by atoms with Gasteiger partial charge < -0.3 is 9.80 Å². The Labute approximate surface area is 145 Å². The molecule has 0 bridgehead atoms. The smallest absolute Gasteiger partial charge is 0.241 e. The third kappa shape index (κ3) is 4.81. The Balaban J connectivity index is 1.98. The molecule has 1 saturated heterocycles. The average molecular weight is 331 g/mol. The van der Waals surface area contributed by atoms with Crippen molar-refractivity contribution < 1.29 is 9.59 Å². The summed E-state index contributed by atoms with van der Waals surface area (Å²) in [5.41, 5.74) is 0.940. The Kier molecular flexibility index (Phi) is 6.79. The van der Waals surface area contributed by atoms with Gasteiger partial charge >= 0.3 is 0 Å². The van der Waals surface area contributed by atoms with E-state index in [1.165, 1.54) is 0 Å². The second-order valence-corrected chi connectivity index (χ2v) is 6.56. The van der Waals surface area contributed by atoms with E-state index in [1.54, 1.807) is 0 Å². The number of carbonyl (C=O) groups excluding carboxylic acids is 2. The van der Waals surface area contributed by atoms with Crippen LogP contribution >= 0.6 is 0 Å². The SMILES string of the molecule is CCC(=O)N1CCCN(CC(=O)N(c2ccccc2)C(C)C)CC1. The minimum atomic E-state index is 0.116. The highest BCUT2D eigenvalue weighted by Crippen LogP contribution is 2.17. The molecule has 2 amide bonds. The first kappa shape index (κ1) is 18.5. The van der Waals surface area contributed by atoms with Crippen LogP contribution in [-0.2, 0) is 9.59 Å². The van der Waals surface area contributed by atoms with Crippen molar-refractivity contribution in [1.82, 2.24) is 9.80 Å². The molecule has 0 radical (unpaired) electrons. The molecule has 1 aliphatic rings. The van der Waals surface area contributed by atoms with Crippen molar-refractivity contribution in [3.05, 3.63) is 30.3 Å². The lowest BCUT2D eigenvalue weighted by Crippen LogP contribution is -2.45. The number of amides is 2. The molecule has 0 atom stereocenters. The van der Waals surface area contributed by atoms with Crippen LogP contribution in [-0.4, -0.2) is 60.4 Å². The molecule has 0 spiro atoms. The molecule has 132 valence electrons. The molecule has 1 aromatic carbocycles. The predicted molar refractivity (Wildman–Crippen MR) is 97.0 cm³/mol. The zero-order valence-corrected chi connectivity index (χ0v) is 15.1. The summed E-state index contributed by atoms with van der Waals surface area (Å²) in [6.07, 6.45) is 1.47. The van der Waals surface area contributed by atoms with E-state index in [0.717, 1.165) is 31.7 Å². The lowest BCUT2D eigenvalue weighted by atomic mass is 10.2. The molecule has 5 heteroatoms. The van der Waals surface area contributed by atoms with Gasteiger partial charge in [0.1, 0.15) is 0 Å². The molecule has 1 aliphatic heterocycles. The van der Waals surface area contributed by atoms with E-state index < -0.39 is 0 Å². The Bertz CT molecular complexity index is 545. The van der Waals surface area contributed by atoms with E-state index in [4.69, 9.17) is 0 Å². The van der Waals surface area contributed by atoms with Crippen LogP contribution in [0.5, 0.6) is 0 Å². The Morgan fingerprint density at radius 1 is 1.08 bits per heavy atom. The highest BCUT2D eigenvalue weighted by molar-refractivity contribution is 5.95. The van der Waals surface area contributed by atoms with Crippen LogP contribution in [0.2, 0.25) is 0 Å². The molecule has 24 heavy (non-hydrogen) atoms. The lowest BCUT2D eigenvalue weighted by molar-refractivity contribution is -0.130. The number of hydrogen-bond acceptors (Lipinski definition) is 3. The quantitative estimate of drug-likeness (QED) is 0.832. The van der Waals surface area contributed by atoms with Gasteiger partial charge in [-0.25, -0.2) is 0 Å². The normalized spacial score (nSPS) is 16.1. The van der Waals surface area contributed by atoms with Crippen LogP contribution < -0.4 is 4.90 Å². The van der Waals surface area contributed by atoms with Gasteiger partial charge in [-0.05, 0) is 32.4 Å². The number of carbonyl (C=O) groups is 2. The number of hydrogen-bond donors (Lipinski definition) is 0. The van der Waals surface area contributed by atoms with Crippen molar-refractivity contribution in [1.29, 1.82) is 0 Å². The number of anilines is 1. The van der Waals surface area contributed by atoms with Gasteiger partial charge in [-0.3, -0.25) is 14.5 Å². The van der Waals surface area contributed by atoms with Crippen molar-refractivity contribution in [2.24, 2.45) is 0 Å². The average Bonchev–Trinajstić information content (AvgIpc) is 2.80. The fourth-order valence-electron chi connectivity index (χ4n) is 3.19. The molecule has 0 unspecified atom stereocenters. The highest BCUT2D eigenvalue weighted by atomic mass is 16.2. The summed E-state index contributed by atoms with van der Waals surface area (Å²) in [4.78, 5) is 30.7. The molecule has 0 aliphatic carbocycles. The minimum absolute atomic E-state index is 0.116. The standard InChI is InChI=1S/C19H29N3O2/c1-4-18(23)21-12-8-11-20(13-14-21)15-19(24)22(16(2)3)17-9-6-5-7-10-17/h5-7,9-10,16H,4,8,11-15H2,1-3H3.